The number of amides is 1. The quantitative estimate of drug-likeness (QED) is 0.876. The minimum absolute atomic E-state index is 0.0792. The molecule has 0 aliphatic carbocycles. The van der Waals surface area contributed by atoms with Crippen molar-refractivity contribution in [2.75, 3.05) is 0 Å². The number of carbonyl (C=O) groups is 1. The zero-order valence-electron chi connectivity index (χ0n) is 11.7. The largest absolute Gasteiger partial charge is 0.346 e. The number of halogens is 2. The Hall–Kier alpha value is -1.09. The maximum atomic E-state index is 14.6. The Bertz CT molecular complexity index is 535. The first-order chi connectivity index (χ1) is 8.80. The van der Waals surface area contributed by atoms with Crippen molar-refractivity contribution in [1.29, 1.82) is 0 Å². The van der Waals surface area contributed by atoms with E-state index in [9.17, 15) is 9.18 Å². The molecule has 0 spiro atoms. The van der Waals surface area contributed by atoms with Crippen LogP contribution in [0, 0.1) is 5.82 Å². The Balaban J connectivity index is 2.85. The first-order valence-corrected chi connectivity index (χ1v) is 6.99. The van der Waals surface area contributed by atoms with Gasteiger partial charge in [-0.3, -0.25) is 4.79 Å². The predicted molar refractivity (Wildman–Crippen MR) is 74.8 cm³/mol. The molecule has 1 aromatic rings. The molecule has 2 nitrogen and oxygen atoms in total. The summed E-state index contributed by atoms with van der Waals surface area (Å²) in [5.41, 5.74) is -0.109. The zero-order valence-corrected chi connectivity index (χ0v) is 12.5. The summed E-state index contributed by atoms with van der Waals surface area (Å²) in [6.07, 6.45) is 1.10. The van der Waals surface area contributed by atoms with Crippen molar-refractivity contribution < 1.29 is 9.18 Å². The molecule has 0 saturated carbocycles. The highest BCUT2D eigenvalue weighted by molar-refractivity contribution is 6.30. The van der Waals surface area contributed by atoms with E-state index >= 15 is 0 Å². The lowest BCUT2D eigenvalue weighted by molar-refractivity contribution is -0.130. The maximum Gasteiger partial charge on any atom is 0.231 e. The lowest BCUT2D eigenvalue weighted by Gasteiger charge is -2.44. The monoisotopic (exact) mass is 283 g/mol. The molecule has 0 atom stereocenters. The molecule has 1 amide bonds. The highest BCUT2D eigenvalue weighted by Gasteiger charge is 2.49. The van der Waals surface area contributed by atoms with Crippen molar-refractivity contribution in [3.8, 4) is 0 Å². The summed E-state index contributed by atoms with van der Waals surface area (Å²) in [5.74, 6) is -0.568. The van der Waals surface area contributed by atoms with Gasteiger partial charge in [-0.25, -0.2) is 4.39 Å². The van der Waals surface area contributed by atoms with Crippen molar-refractivity contribution in [3.63, 3.8) is 0 Å². The Morgan fingerprint density at radius 3 is 2.37 bits per heavy atom. The third-order valence-electron chi connectivity index (χ3n) is 4.31. The number of fused-ring (bicyclic) bond motifs is 1. The molecule has 1 aromatic carbocycles. The summed E-state index contributed by atoms with van der Waals surface area (Å²) in [6, 6.07) is 3.38. The van der Waals surface area contributed by atoms with Gasteiger partial charge >= 0.3 is 0 Å². The number of rotatable bonds is 2. The third kappa shape index (κ3) is 1.86. The van der Waals surface area contributed by atoms with Crippen LogP contribution in [0.1, 0.15) is 51.7 Å². The summed E-state index contributed by atoms with van der Waals surface area (Å²) < 4.78 is 14.6. The average molecular weight is 284 g/mol. The van der Waals surface area contributed by atoms with E-state index in [1.165, 1.54) is 0 Å². The van der Waals surface area contributed by atoms with Crippen molar-refractivity contribution >= 4 is 17.5 Å². The second-order valence-corrected chi connectivity index (χ2v) is 6.06. The van der Waals surface area contributed by atoms with Crippen LogP contribution in [0.2, 0.25) is 5.02 Å². The van der Waals surface area contributed by atoms with Gasteiger partial charge in [0.05, 0.1) is 16.0 Å². The molecule has 0 saturated heterocycles. The van der Waals surface area contributed by atoms with Gasteiger partial charge in [-0.2, -0.15) is 0 Å². The van der Waals surface area contributed by atoms with Crippen LogP contribution in [-0.2, 0) is 15.7 Å². The molecule has 1 aliphatic heterocycles. The number of hydrogen-bond donors (Lipinski definition) is 1. The first-order valence-electron chi connectivity index (χ1n) is 6.61. The van der Waals surface area contributed by atoms with E-state index in [2.05, 4.69) is 5.32 Å². The minimum Gasteiger partial charge on any atom is -0.346 e. The molecular formula is C15H19ClFNO. The van der Waals surface area contributed by atoms with E-state index in [0.717, 1.165) is 5.56 Å². The second kappa shape index (κ2) is 4.48. The smallest absolute Gasteiger partial charge is 0.231 e. The van der Waals surface area contributed by atoms with Crippen LogP contribution in [0.25, 0.3) is 0 Å². The van der Waals surface area contributed by atoms with Crippen molar-refractivity contribution in [3.05, 3.63) is 34.1 Å². The van der Waals surface area contributed by atoms with Crippen molar-refractivity contribution in [2.45, 2.75) is 51.5 Å². The van der Waals surface area contributed by atoms with Crippen LogP contribution < -0.4 is 5.32 Å². The highest BCUT2D eigenvalue weighted by atomic mass is 35.5. The molecule has 0 fully saturated rings. The van der Waals surface area contributed by atoms with Crippen LogP contribution in [0.4, 0.5) is 4.39 Å². The summed E-state index contributed by atoms with van der Waals surface area (Å²) >= 11 is 5.92. The molecule has 104 valence electrons. The fourth-order valence-electron chi connectivity index (χ4n) is 3.05. The van der Waals surface area contributed by atoms with Crippen LogP contribution in [0.15, 0.2) is 12.1 Å². The number of hydrogen-bond acceptors (Lipinski definition) is 1. The van der Waals surface area contributed by atoms with E-state index in [1.807, 2.05) is 33.8 Å². The standard InChI is InChI=1S/C15H19ClFNO/c1-5-15(6-2)11-9(7-8-10(16)12(11)17)14(3,4)18-13(15)19/h7-8H,5-6H2,1-4H3,(H,18,19). The molecule has 1 heterocycles. The van der Waals surface area contributed by atoms with Gasteiger partial charge in [0.1, 0.15) is 5.82 Å². The lowest BCUT2D eigenvalue weighted by Crippen LogP contribution is -2.57. The summed E-state index contributed by atoms with van der Waals surface area (Å²) in [6.45, 7) is 7.58. The van der Waals surface area contributed by atoms with Gasteiger partial charge < -0.3 is 5.32 Å². The Morgan fingerprint density at radius 1 is 1.26 bits per heavy atom. The minimum atomic E-state index is -0.820. The second-order valence-electron chi connectivity index (χ2n) is 5.65. The van der Waals surface area contributed by atoms with Gasteiger partial charge in [-0.1, -0.05) is 31.5 Å². The van der Waals surface area contributed by atoms with E-state index in [0.29, 0.717) is 18.4 Å². The molecule has 2 rings (SSSR count). The van der Waals surface area contributed by atoms with Crippen LogP contribution in [-0.4, -0.2) is 5.91 Å². The summed E-state index contributed by atoms with van der Waals surface area (Å²) in [7, 11) is 0. The lowest BCUT2D eigenvalue weighted by atomic mass is 9.67. The molecule has 1 aliphatic rings. The van der Waals surface area contributed by atoms with Crippen LogP contribution in [0.5, 0.6) is 0 Å². The average Bonchev–Trinajstić information content (AvgIpc) is 2.34. The third-order valence-corrected chi connectivity index (χ3v) is 4.61. The number of carbonyl (C=O) groups excluding carboxylic acids is 1. The molecule has 4 heteroatoms. The van der Waals surface area contributed by atoms with Gasteiger partial charge in [0, 0.05) is 5.56 Å². The van der Waals surface area contributed by atoms with E-state index in [1.54, 1.807) is 6.07 Å². The summed E-state index contributed by atoms with van der Waals surface area (Å²) in [4.78, 5) is 12.5. The van der Waals surface area contributed by atoms with Crippen molar-refractivity contribution in [1.82, 2.24) is 5.32 Å². The van der Waals surface area contributed by atoms with Crippen molar-refractivity contribution in [2.24, 2.45) is 0 Å². The molecule has 0 aromatic heterocycles. The Morgan fingerprint density at radius 2 is 1.84 bits per heavy atom. The SMILES string of the molecule is CCC1(CC)C(=O)NC(C)(C)c2ccc(Cl)c(F)c21. The van der Waals surface area contributed by atoms with Gasteiger partial charge in [0.15, 0.2) is 0 Å². The molecule has 0 radical (unpaired) electrons. The maximum absolute atomic E-state index is 14.6. The normalized spacial score (nSPS) is 19.8. The Kier molecular flexibility index (Phi) is 3.38. The molecule has 1 N–H and O–H groups in total. The molecule has 19 heavy (non-hydrogen) atoms. The van der Waals surface area contributed by atoms with E-state index in [-0.39, 0.29) is 10.9 Å². The molecular weight excluding hydrogens is 265 g/mol. The number of benzene rings is 1. The van der Waals surface area contributed by atoms with Gasteiger partial charge in [-0.15, -0.1) is 0 Å². The fraction of sp³-hybridized carbons (Fsp3) is 0.533. The Labute approximate surface area is 118 Å². The van der Waals surface area contributed by atoms with E-state index in [4.69, 9.17) is 11.6 Å². The van der Waals surface area contributed by atoms with Gasteiger partial charge in [0.25, 0.3) is 0 Å². The molecule has 0 bridgehead atoms. The van der Waals surface area contributed by atoms with Crippen LogP contribution >= 0.6 is 11.6 Å². The first kappa shape index (κ1) is 14.3. The predicted octanol–water partition coefficient (Wildman–Crippen LogP) is 3.90. The zero-order chi connectivity index (χ0) is 14.4. The fourth-order valence-corrected chi connectivity index (χ4v) is 3.21. The number of nitrogens with one attached hydrogen (secondary N) is 1. The van der Waals surface area contributed by atoms with Gasteiger partial charge in [0.2, 0.25) is 5.91 Å². The van der Waals surface area contributed by atoms with Crippen LogP contribution in [0.3, 0.4) is 0 Å². The topological polar surface area (TPSA) is 29.1 Å². The van der Waals surface area contributed by atoms with Gasteiger partial charge in [-0.05, 0) is 38.3 Å². The molecule has 0 unspecified atom stereocenters. The van der Waals surface area contributed by atoms with E-state index < -0.39 is 16.8 Å². The summed E-state index contributed by atoms with van der Waals surface area (Å²) in [5, 5.41) is 3.08. The highest BCUT2D eigenvalue weighted by Crippen LogP contribution is 2.45.